The van der Waals surface area contributed by atoms with Gasteiger partial charge in [0, 0.05) is 18.8 Å². The molecule has 3 rings (SSSR count). The first-order valence-corrected chi connectivity index (χ1v) is 13.3. The van der Waals surface area contributed by atoms with Gasteiger partial charge >= 0.3 is 0 Å². The van der Waals surface area contributed by atoms with Gasteiger partial charge in [0.15, 0.2) is 0 Å². The van der Waals surface area contributed by atoms with Crippen LogP contribution in [0.3, 0.4) is 0 Å². The standard InChI is InChI=1S/C30H46O3/c1-6-30(33,7-2)18-9-8-11-21(3)26-15-16-27-23(12-10-17-29(26,27)5)13-14-24-19-25(31)20-28(32)22(24)4/h13-14,21,25-28,31-33H,4,6-7,9-10,12,15-20H2,1-3,5H3/t21?,25-,26?,27+,28+,29-/m1/s1. The highest BCUT2D eigenvalue weighted by Crippen LogP contribution is 2.59. The molecule has 0 radical (unpaired) electrons. The molecule has 3 saturated carbocycles. The topological polar surface area (TPSA) is 60.7 Å². The van der Waals surface area contributed by atoms with Crippen LogP contribution in [0.5, 0.6) is 0 Å². The molecular formula is C30H46O3. The molecule has 6 atom stereocenters. The molecule has 3 aliphatic carbocycles. The van der Waals surface area contributed by atoms with E-state index in [0.29, 0.717) is 30.6 Å². The van der Waals surface area contributed by atoms with Crippen molar-refractivity contribution in [1.29, 1.82) is 0 Å². The number of rotatable bonds is 6. The summed E-state index contributed by atoms with van der Waals surface area (Å²) in [5, 5.41) is 30.7. The zero-order valence-corrected chi connectivity index (χ0v) is 21.4. The molecule has 0 aromatic rings. The molecule has 3 fully saturated rings. The average molecular weight is 455 g/mol. The Bertz CT molecular complexity index is 821. The summed E-state index contributed by atoms with van der Waals surface area (Å²) in [6.07, 6.45) is 13.5. The molecule has 0 aliphatic heterocycles. The normalized spacial score (nSPS) is 35.9. The lowest BCUT2D eigenvalue weighted by molar-refractivity contribution is 0.0251. The predicted octanol–water partition coefficient (Wildman–Crippen LogP) is 6.10. The monoisotopic (exact) mass is 454 g/mol. The molecule has 3 heteroatoms. The van der Waals surface area contributed by atoms with Crippen molar-refractivity contribution in [3.05, 3.63) is 35.5 Å². The summed E-state index contributed by atoms with van der Waals surface area (Å²) in [5.74, 6) is 8.53. The lowest BCUT2D eigenvalue weighted by atomic mass is 9.61. The Kier molecular flexibility index (Phi) is 8.71. The van der Waals surface area contributed by atoms with E-state index in [9.17, 15) is 15.3 Å². The summed E-state index contributed by atoms with van der Waals surface area (Å²) in [5.41, 5.74) is 3.01. The van der Waals surface area contributed by atoms with Crippen LogP contribution < -0.4 is 0 Å². The number of aliphatic hydroxyl groups excluding tert-OH is 2. The van der Waals surface area contributed by atoms with E-state index in [4.69, 9.17) is 0 Å². The Morgan fingerprint density at radius 3 is 2.64 bits per heavy atom. The molecule has 0 saturated heterocycles. The fourth-order valence-electron chi connectivity index (χ4n) is 6.80. The summed E-state index contributed by atoms with van der Waals surface area (Å²) in [6, 6.07) is 0. The summed E-state index contributed by atoms with van der Waals surface area (Å²) < 4.78 is 0. The molecule has 3 nitrogen and oxygen atoms in total. The Balaban J connectivity index is 1.69. The van der Waals surface area contributed by atoms with Crippen LogP contribution in [0.4, 0.5) is 0 Å². The highest BCUT2D eigenvalue weighted by molar-refractivity contribution is 5.38. The zero-order chi connectivity index (χ0) is 24.2. The first kappa shape index (κ1) is 26.3. The molecule has 2 unspecified atom stereocenters. The Labute approximate surface area is 202 Å². The molecule has 0 amide bonds. The summed E-state index contributed by atoms with van der Waals surface area (Å²) >= 11 is 0. The quantitative estimate of drug-likeness (QED) is 0.425. The van der Waals surface area contributed by atoms with Crippen molar-refractivity contribution < 1.29 is 15.3 Å². The van der Waals surface area contributed by atoms with Crippen LogP contribution in [0.15, 0.2) is 35.5 Å². The number of fused-ring (bicyclic) bond motifs is 1. The van der Waals surface area contributed by atoms with E-state index >= 15 is 0 Å². The summed E-state index contributed by atoms with van der Waals surface area (Å²) in [7, 11) is 0. The summed E-state index contributed by atoms with van der Waals surface area (Å²) in [4.78, 5) is 0. The van der Waals surface area contributed by atoms with E-state index in [1.165, 1.54) is 31.3 Å². The maximum absolute atomic E-state index is 10.5. The van der Waals surface area contributed by atoms with Gasteiger partial charge in [0.25, 0.3) is 0 Å². The third-order valence-corrected chi connectivity index (χ3v) is 9.27. The van der Waals surface area contributed by atoms with E-state index < -0.39 is 17.8 Å². The molecule has 0 bridgehead atoms. The predicted molar refractivity (Wildman–Crippen MR) is 136 cm³/mol. The Morgan fingerprint density at radius 2 is 1.94 bits per heavy atom. The smallest absolute Gasteiger partial charge is 0.0811 e. The highest BCUT2D eigenvalue weighted by Gasteiger charge is 2.50. The van der Waals surface area contributed by atoms with Crippen molar-refractivity contribution in [2.45, 2.75) is 116 Å². The molecule has 0 spiro atoms. The number of allylic oxidation sites excluding steroid dienone is 3. The van der Waals surface area contributed by atoms with Crippen molar-refractivity contribution in [3.8, 4) is 11.8 Å². The van der Waals surface area contributed by atoms with E-state index in [1.54, 1.807) is 0 Å². The first-order valence-electron chi connectivity index (χ1n) is 13.3. The highest BCUT2D eigenvalue weighted by atomic mass is 16.3. The third kappa shape index (κ3) is 5.84. The van der Waals surface area contributed by atoms with Gasteiger partial charge in [-0.2, -0.15) is 0 Å². The molecule has 33 heavy (non-hydrogen) atoms. The lowest BCUT2D eigenvalue weighted by Gasteiger charge is -2.43. The van der Waals surface area contributed by atoms with Gasteiger partial charge in [-0.1, -0.05) is 57.9 Å². The maximum Gasteiger partial charge on any atom is 0.0811 e. The lowest BCUT2D eigenvalue weighted by Crippen LogP contribution is -2.35. The largest absolute Gasteiger partial charge is 0.393 e. The van der Waals surface area contributed by atoms with Gasteiger partial charge in [-0.25, -0.2) is 0 Å². The van der Waals surface area contributed by atoms with Crippen molar-refractivity contribution in [2.75, 3.05) is 0 Å². The second-order valence-electron chi connectivity index (χ2n) is 11.2. The van der Waals surface area contributed by atoms with Crippen LogP contribution in [-0.2, 0) is 0 Å². The van der Waals surface area contributed by atoms with E-state index in [1.807, 2.05) is 0 Å². The van der Waals surface area contributed by atoms with Gasteiger partial charge in [0.2, 0.25) is 0 Å². The van der Waals surface area contributed by atoms with Gasteiger partial charge in [0.1, 0.15) is 0 Å². The molecule has 0 aromatic carbocycles. The van der Waals surface area contributed by atoms with Crippen LogP contribution in [0.2, 0.25) is 0 Å². The second kappa shape index (κ2) is 10.9. The zero-order valence-electron chi connectivity index (χ0n) is 21.4. The van der Waals surface area contributed by atoms with Crippen LogP contribution in [-0.4, -0.2) is 33.1 Å². The Morgan fingerprint density at radius 1 is 1.21 bits per heavy atom. The van der Waals surface area contributed by atoms with Crippen LogP contribution in [0.25, 0.3) is 0 Å². The number of aliphatic hydroxyl groups is 3. The number of hydrogen-bond donors (Lipinski definition) is 3. The van der Waals surface area contributed by atoms with Crippen molar-refractivity contribution >= 4 is 0 Å². The minimum Gasteiger partial charge on any atom is -0.393 e. The number of hydrogen-bond acceptors (Lipinski definition) is 3. The van der Waals surface area contributed by atoms with Crippen molar-refractivity contribution in [3.63, 3.8) is 0 Å². The maximum atomic E-state index is 10.5. The molecule has 0 heterocycles. The minimum atomic E-state index is -0.629. The average Bonchev–Trinajstić information content (AvgIpc) is 3.15. The van der Waals surface area contributed by atoms with Crippen LogP contribution in [0, 0.1) is 35.0 Å². The minimum absolute atomic E-state index is 0.285. The fraction of sp³-hybridized carbons (Fsp3) is 0.733. The van der Waals surface area contributed by atoms with Crippen LogP contribution in [0.1, 0.15) is 98.3 Å². The molecule has 184 valence electrons. The first-order chi connectivity index (χ1) is 15.6. The molecule has 3 aliphatic rings. The molecule has 0 aromatic heterocycles. The summed E-state index contributed by atoms with van der Waals surface area (Å²) in [6.45, 7) is 12.9. The van der Waals surface area contributed by atoms with E-state index in [-0.39, 0.29) is 5.41 Å². The van der Waals surface area contributed by atoms with Gasteiger partial charge in [-0.3, -0.25) is 0 Å². The fourth-order valence-corrected chi connectivity index (χ4v) is 6.80. The van der Waals surface area contributed by atoms with Crippen molar-refractivity contribution in [1.82, 2.24) is 0 Å². The van der Waals surface area contributed by atoms with Crippen molar-refractivity contribution in [2.24, 2.45) is 23.2 Å². The molecule has 3 N–H and O–H groups in total. The third-order valence-electron chi connectivity index (χ3n) is 9.27. The van der Waals surface area contributed by atoms with Crippen LogP contribution >= 0.6 is 0 Å². The van der Waals surface area contributed by atoms with E-state index in [0.717, 1.165) is 43.3 Å². The molecular weight excluding hydrogens is 408 g/mol. The SMILES string of the molecule is C=C1C(=CC=C2CCC[C@]3(C)C(C(C)C#CCCC(O)(CC)CC)CC[C@@H]23)C[C@@H](O)C[C@@H]1O. The van der Waals surface area contributed by atoms with E-state index in [2.05, 4.69) is 58.3 Å². The van der Waals surface area contributed by atoms with Gasteiger partial charge in [-0.05, 0) is 86.2 Å². The van der Waals surface area contributed by atoms with Gasteiger partial charge in [0.05, 0.1) is 17.8 Å². The van der Waals surface area contributed by atoms with Gasteiger partial charge < -0.3 is 15.3 Å². The van der Waals surface area contributed by atoms with Gasteiger partial charge in [-0.15, -0.1) is 5.92 Å². The Hall–Kier alpha value is -1.34. The second-order valence-corrected chi connectivity index (χ2v) is 11.2.